The minimum atomic E-state index is -0.145. The number of halogens is 1. The minimum absolute atomic E-state index is 0.145. The average molecular weight is 310 g/mol. The summed E-state index contributed by atoms with van der Waals surface area (Å²) in [5.74, 6) is -0.145. The van der Waals surface area contributed by atoms with Crippen LogP contribution in [-0.2, 0) is 0 Å². The molecule has 23 heavy (non-hydrogen) atoms. The van der Waals surface area contributed by atoms with E-state index in [1.54, 1.807) is 6.07 Å². The van der Waals surface area contributed by atoms with E-state index in [2.05, 4.69) is 32.5 Å². The third-order valence-corrected chi connectivity index (χ3v) is 4.43. The molecule has 1 aromatic heterocycles. The van der Waals surface area contributed by atoms with Gasteiger partial charge in [-0.15, -0.1) is 0 Å². The van der Waals surface area contributed by atoms with Crippen LogP contribution in [0.15, 0.2) is 48.7 Å². The fourth-order valence-electron chi connectivity index (χ4n) is 3.29. The number of fused-ring (bicyclic) bond motifs is 1. The topological polar surface area (TPSA) is 44.0 Å². The van der Waals surface area contributed by atoms with Crippen molar-refractivity contribution >= 4 is 22.3 Å². The molecule has 1 aliphatic heterocycles. The maximum absolute atomic E-state index is 14.0. The molecule has 0 bridgehead atoms. The number of para-hydroxylation sites is 1. The number of aromatic nitrogens is 2. The Bertz CT molecular complexity index is 813. The molecule has 2 N–H and O–H groups in total. The van der Waals surface area contributed by atoms with Crippen molar-refractivity contribution in [2.75, 3.05) is 23.3 Å². The van der Waals surface area contributed by atoms with E-state index in [1.807, 2.05) is 24.4 Å². The van der Waals surface area contributed by atoms with Gasteiger partial charge in [0.2, 0.25) is 0 Å². The van der Waals surface area contributed by atoms with E-state index in [1.165, 1.54) is 6.07 Å². The third kappa shape index (κ3) is 2.86. The summed E-state index contributed by atoms with van der Waals surface area (Å²) in [7, 11) is 0. The number of anilines is 2. The van der Waals surface area contributed by atoms with E-state index < -0.39 is 0 Å². The lowest BCUT2D eigenvalue weighted by atomic mass is 10.0. The van der Waals surface area contributed by atoms with Crippen molar-refractivity contribution in [1.29, 1.82) is 0 Å². The van der Waals surface area contributed by atoms with Gasteiger partial charge in [0.05, 0.1) is 17.4 Å². The highest BCUT2D eigenvalue weighted by atomic mass is 19.1. The fraction of sp³-hybridized carbons (Fsp3) is 0.278. The van der Waals surface area contributed by atoms with Crippen LogP contribution in [0.2, 0.25) is 0 Å². The summed E-state index contributed by atoms with van der Waals surface area (Å²) in [5, 5.41) is 11.7. The zero-order valence-electron chi connectivity index (χ0n) is 12.8. The van der Waals surface area contributed by atoms with E-state index >= 15 is 0 Å². The molecule has 4 rings (SSSR count). The number of H-pyrrole nitrogens is 1. The van der Waals surface area contributed by atoms with Crippen LogP contribution in [-0.4, -0.2) is 29.3 Å². The second-order valence-electron chi connectivity index (χ2n) is 6.05. The van der Waals surface area contributed by atoms with Crippen molar-refractivity contribution in [1.82, 2.24) is 10.2 Å². The van der Waals surface area contributed by atoms with Crippen LogP contribution in [0.25, 0.3) is 10.9 Å². The lowest BCUT2D eigenvalue weighted by Gasteiger charge is -2.35. The van der Waals surface area contributed by atoms with Gasteiger partial charge in [-0.05, 0) is 43.2 Å². The van der Waals surface area contributed by atoms with Gasteiger partial charge in [0.15, 0.2) is 0 Å². The summed E-state index contributed by atoms with van der Waals surface area (Å²) in [6.45, 7) is 1.71. The minimum Gasteiger partial charge on any atom is -0.381 e. The Labute approximate surface area is 134 Å². The zero-order chi connectivity index (χ0) is 15.6. The van der Waals surface area contributed by atoms with Gasteiger partial charge in [-0.3, -0.25) is 5.10 Å². The largest absolute Gasteiger partial charge is 0.381 e. The monoisotopic (exact) mass is 310 g/mol. The zero-order valence-corrected chi connectivity index (χ0v) is 12.8. The van der Waals surface area contributed by atoms with Crippen LogP contribution in [0.4, 0.5) is 15.8 Å². The lowest BCUT2D eigenvalue weighted by molar-refractivity contribution is 0.519. The molecule has 0 spiro atoms. The van der Waals surface area contributed by atoms with E-state index in [9.17, 15) is 4.39 Å². The second-order valence-corrected chi connectivity index (χ2v) is 6.05. The van der Waals surface area contributed by atoms with Crippen LogP contribution >= 0.6 is 0 Å². The fourth-order valence-corrected chi connectivity index (χ4v) is 3.29. The van der Waals surface area contributed by atoms with Crippen molar-refractivity contribution in [2.24, 2.45) is 0 Å². The number of hydrogen-bond donors (Lipinski definition) is 2. The van der Waals surface area contributed by atoms with Gasteiger partial charge >= 0.3 is 0 Å². The Morgan fingerprint density at radius 1 is 1.22 bits per heavy atom. The first kappa shape index (κ1) is 14.1. The summed E-state index contributed by atoms with van der Waals surface area (Å²) in [5.41, 5.74) is 2.82. The Balaban J connectivity index is 1.50. The Morgan fingerprint density at radius 2 is 2.13 bits per heavy atom. The van der Waals surface area contributed by atoms with Crippen LogP contribution in [0, 0.1) is 5.82 Å². The molecule has 1 fully saturated rings. The highest BCUT2D eigenvalue weighted by Crippen LogP contribution is 2.25. The molecular weight excluding hydrogens is 291 g/mol. The molecule has 3 aromatic rings. The molecule has 0 amide bonds. The highest BCUT2D eigenvalue weighted by Gasteiger charge is 2.21. The Hall–Kier alpha value is -2.56. The first-order valence-corrected chi connectivity index (χ1v) is 7.99. The summed E-state index contributed by atoms with van der Waals surface area (Å²) < 4.78 is 14.0. The van der Waals surface area contributed by atoms with Crippen molar-refractivity contribution in [2.45, 2.75) is 18.9 Å². The number of aromatic amines is 1. The molecule has 5 heteroatoms. The SMILES string of the molecule is Fc1ccccc1N1CCCC(Nc2ccc3[nH]ncc3c2)C1. The van der Waals surface area contributed by atoms with Gasteiger partial charge in [-0.2, -0.15) is 5.10 Å². The predicted molar refractivity (Wildman–Crippen MR) is 91.4 cm³/mol. The van der Waals surface area contributed by atoms with Crippen LogP contribution < -0.4 is 10.2 Å². The van der Waals surface area contributed by atoms with Crippen molar-refractivity contribution in [3.8, 4) is 0 Å². The first-order chi connectivity index (χ1) is 11.3. The van der Waals surface area contributed by atoms with Gasteiger partial charge in [0.25, 0.3) is 0 Å². The van der Waals surface area contributed by atoms with Gasteiger partial charge in [-0.1, -0.05) is 12.1 Å². The second kappa shape index (κ2) is 5.91. The normalized spacial score (nSPS) is 18.3. The average Bonchev–Trinajstić information content (AvgIpc) is 3.03. The summed E-state index contributed by atoms with van der Waals surface area (Å²) >= 11 is 0. The van der Waals surface area contributed by atoms with Gasteiger partial charge in [-0.25, -0.2) is 4.39 Å². The molecular formula is C18H19FN4. The molecule has 0 radical (unpaired) electrons. The smallest absolute Gasteiger partial charge is 0.146 e. The van der Waals surface area contributed by atoms with Crippen LogP contribution in [0.5, 0.6) is 0 Å². The number of piperidine rings is 1. The highest BCUT2D eigenvalue weighted by molar-refractivity contribution is 5.81. The lowest BCUT2D eigenvalue weighted by Crippen LogP contribution is -2.42. The van der Waals surface area contributed by atoms with Crippen molar-refractivity contribution < 1.29 is 4.39 Å². The summed E-state index contributed by atoms with van der Waals surface area (Å²) in [6.07, 6.45) is 3.97. The molecule has 1 aliphatic rings. The first-order valence-electron chi connectivity index (χ1n) is 7.99. The maximum atomic E-state index is 14.0. The molecule has 1 unspecified atom stereocenters. The molecule has 118 valence electrons. The number of nitrogens with one attached hydrogen (secondary N) is 2. The van der Waals surface area contributed by atoms with Gasteiger partial charge in [0, 0.05) is 30.2 Å². The maximum Gasteiger partial charge on any atom is 0.146 e. The molecule has 1 saturated heterocycles. The Kier molecular flexibility index (Phi) is 3.61. The Morgan fingerprint density at radius 3 is 3.04 bits per heavy atom. The summed E-state index contributed by atoms with van der Waals surface area (Å²) in [6, 6.07) is 13.5. The van der Waals surface area contributed by atoms with E-state index in [0.717, 1.165) is 42.5 Å². The van der Waals surface area contributed by atoms with Crippen molar-refractivity contribution in [3.63, 3.8) is 0 Å². The number of rotatable bonds is 3. The molecule has 0 saturated carbocycles. The van der Waals surface area contributed by atoms with Crippen LogP contribution in [0.1, 0.15) is 12.8 Å². The third-order valence-electron chi connectivity index (χ3n) is 4.43. The molecule has 4 nitrogen and oxygen atoms in total. The summed E-state index contributed by atoms with van der Waals surface area (Å²) in [4.78, 5) is 2.13. The van der Waals surface area contributed by atoms with E-state index in [4.69, 9.17) is 0 Å². The number of nitrogens with zero attached hydrogens (tertiary/aromatic N) is 2. The van der Waals surface area contributed by atoms with E-state index in [-0.39, 0.29) is 5.82 Å². The van der Waals surface area contributed by atoms with Gasteiger partial charge in [0.1, 0.15) is 5.82 Å². The molecule has 2 heterocycles. The molecule has 0 aliphatic carbocycles. The predicted octanol–water partition coefficient (Wildman–Crippen LogP) is 3.78. The van der Waals surface area contributed by atoms with E-state index in [0.29, 0.717) is 11.7 Å². The van der Waals surface area contributed by atoms with Crippen LogP contribution in [0.3, 0.4) is 0 Å². The quantitative estimate of drug-likeness (QED) is 0.773. The molecule has 1 atom stereocenters. The molecule has 2 aromatic carbocycles. The number of hydrogen-bond acceptors (Lipinski definition) is 3. The standard InChI is InChI=1S/C18H19FN4/c19-16-5-1-2-6-18(16)23-9-3-4-15(12-23)21-14-7-8-17-13(10-14)11-20-22-17/h1-2,5-8,10-11,15,21H,3-4,9,12H2,(H,20,22). The van der Waals surface area contributed by atoms with Gasteiger partial charge < -0.3 is 10.2 Å². The number of benzene rings is 2. The van der Waals surface area contributed by atoms with Crippen molar-refractivity contribution in [3.05, 3.63) is 54.5 Å².